The number of fused-ring (bicyclic) bond motifs is 1. The van der Waals surface area contributed by atoms with Gasteiger partial charge < -0.3 is 10.1 Å². The van der Waals surface area contributed by atoms with Gasteiger partial charge in [0.15, 0.2) is 29.0 Å². The third-order valence-corrected chi connectivity index (χ3v) is 5.19. The molecule has 0 radical (unpaired) electrons. The Morgan fingerprint density at radius 3 is 2.08 bits per heavy atom. The van der Waals surface area contributed by atoms with Crippen molar-refractivity contribution < 1.29 is 49.4 Å². The number of carbonyl (C=O) groups is 2. The normalized spacial score (nSPS) is 14.3. The molecule has 36 heavy (non-hydrogen) atoms. The number of anilines is 1. The van der Waals surface area contributed by atoms with E-state index in [-0.39, 0.29) is 17.5 Å². The summed E-state index contributed by atoms with van der Waals surface area (Å²) in [5.74, 6) is -17.8. The van der Waals surface area contributed by atoms with Crippen LogP contribution in [-0.2, 0) is 16.1 Å². The van der Waals surface area contributed by atoms with E-state index in [1.165, 1.54) is 0 Å². The Kier molecular flexibility index (Phi) is 6.33. The van der Waals surface area contributed by atoms with Crippen molar-refractivity contribution >= 4 is 17.5 Å². The molecule has 4 rings (SSSR count). The molecular weight excluding hydrogens is 504 g/mol. The highest BCUT2D eigenvalue weighted by Crippen LogP contribution is 2.44. The minimum absolute atomic E-state index is 0.0549. The second kappa shape index (κ2) is 9.13. The summed E-state index contributed by atoms with van der Waals surface area (Å²) in [7, 11) is 0. The Bertz CT molecular complexity index is 1350. The maximum atomic E-state index is 14.7. The number of nitrogens with one attached hydrogen (secondary N) is 1. The van der Waals surface area contributed by atoms with E-state index in [4.69, 9.17) is 0 Å². The van der Waals surface area contributed by atoms with Gasteiger partial charge in [-0.25, -0.2) is 26.3 Å². The van der Waals surface area contributed by atoms with Crippen LogP contribution in [0.2, 0.25) is 0 Å². The summed E-state index contributed by atoms with van der Waals surface area (Å²) in [6, 6.07) is 8.88. The molecule has 1 aliphatic rings. The van der Waals surface area contributed by atoms with Gasteiger partial charge in [0.05, 0.1) is 11.3 Å². The molecule has 0 unspecified atom stereocenters. The Morgan fingerprint density at radius 2 is 1.47 bits per heavy atom. The second-order valence-electron chi connectivity index (χ2n) is 7.52. The van der Waals surface area contributed by atoms with Crippen LogP contribution in [0.3, 0.4) is 0 Å². The number of nitrogens with zero attached hydrogens (tertiary/aromatic N) is 1. The number of amides is 2. The minimum atomic E-state index is -4.55. The fourth-order valence-corrected chi connectivity index (χ4v) is 3.47. The lowest BCUT2D eigenvalue weighted by Gasteiger charge is -2.33. The van der Waals surface area contributed by atoms with Crippen LogP contribution < -0.4 is 15.0 Å². The maximum Gasteiger partial charge on any atom is 0.482 e. The van der Waals surface area contributed by atoms with Crippen molar-refractivity contribution in [1.82, 2.24) is 5.32 Å². The monoisotopic (exact) mass is 516 g/mol. The summed E-state index contributed by atoms with van der Waals surface area (Å²) < 4.78 is 116. The van der Waals surface area contributed by atoms with Crippen LogP contribution in [0, 0.1) is 34.9 Å². The van der Waals surface area contributed by atoms with Gasteiger partial charge in [0, 0.05) is 18.2 Å². The summed E-state index contributed by atoms with van der Waals surface area (Å²) in [5.41, 5.74) is -3.09. The lowest BCUT2D eigenvalue weighted by molar-refractivity contribution is -0.192. The van der Waals surface area contributed by atoms with Crippen molar-refractivity contribution in [2.24, 2.45) is 0 Å². The highest BCUT2D eigenvalue weighted by atomic mass is 19.3. The van der Waals surface area contributed by atoms with E-state index in [1.54, 1.807) is 30.3 Å². The molecule has 0 bridgehead atoms. The third kappa shape index (κ3) is 4.32. The van der Waals surface area contributed by atoms with E-state index in [1.807, 2.05) is 0 Å². The van der Waals surface area contributed by atoms with Crippen LogP contribution in [0.4, 0.5) is 40.8 Å². The number of hydrogen-bond donors (Lipinski definition) is 1. The van der Waals surface area contributed by atoms with E-state index >= 15 is 0 Å². The number of halogens is 8. The lowest BCUT2D eigenvalue weighted by Crippen LogP contribution is -2.53. The molecule has 3 aromatic rings. The first-order chi connectivity index (χ1) is 16.9. The Labute approximate surface area is 196 Å². The summed E-state index contributed by atoms with van der Waals surface area (Å²) in [4.78, 5) is 24.8. The molecule has 0 atom stereocenters. The van der Waals surface area contributed by atoms with Crippen molar-refractivity contribution in [3.63, 3.8) is 0 Å². The summed E-state index contributed by atoms with van der Waals surface area (Å²) in [5, 5.41) is 2.37. The Hall–Kier alpha value is -4.16. The van der Waals surface area contributed by atoms with Gasteiger partial charge in [-0.2, -0.15) is 8.78 Å². The number of rotatable bonds is 5. The summed E-state index contributed by atoms with van der Waals surface area (Å²) in [6.07, 6.45) is -4.55. The number of alkyl halides is 2. The van der Waals surface area contributed by atoms with E-state index < -0.39 is 81.9 Å². The molecule has 0 aromatic heterocycles. The average molecular weight is 516 g/mol. The first-order valence-corrected chi connectivity index (χ1v) is 9.97. The fourth-order valence-electron chi connectivity index (χ4n) is 3.47. The van der Waals surface area contributed by atoms with Crippen LogP contribution in [0.15, 0.2) is 42.5 Å². The molecule has 1 aliphatic heterocycles. The number of hydrogen-bond acceptors (Lipinski definition) is 3. The van der Waals surface area contributed by atoms with Gasteiger partial charge in [-0.3, -0.25) is 14.5 Å². The first-order valence-electron chi connectivity index (χ1n) is 9.97. The quantitative estimate of drug-likeness (QED) is 0.301. The van der Waals surface area contributed by atoms with Gasteiger partial charge >= 0.3 is 12.0 Å². The zero-order chi connectivity index (χ0) is 26.4. The van der Waals surface area contributed by atoms with Gasteiger partial charge in [-0.05, 0) is 11.6 Å². The predicted octanol–water partition coefficient (Wildman–Crippen LogP) is 4.82. The lowest BCUT2D eigenvalue weighted by atomic mass is 10.0. The number of ether oxygens (including phenoxy) is 1. The molecule has 1 heterocycles. The maximum absolute atomic E-state index is 14.7. The van der Waals surface area contributed by atoms with Gasteiger partial charge in [-0.15, -0.1) is 0 Å². The van der Waals surface area contributed by atoms with Crippen molar-refractivity contribution in [3.05, 3.63) is 82.9 Å². The number of benzene rings is 3. The largest absolute Gasteiger partial charge is 0.482 e. The first kappa shape index (κ1) is 24.9. The summed E-state index contributed by atoms with van der Waals surface area (Å²) in [6.45, 7) is -1.12. The molecule has 1 N–H and O–H groups in total. The zero-order valence-corrected chi connectivity index (χ0v) is 17.7. The molecule has 0 spiro atoms. The molecule has 0 saturated carbocycles. The van der Waals surface area contributed by atoms with Crippen LogP contribution in [0.1, 0.15) is 5.56 Å². The topological polar surface area (TPSA) is 58.6 Å². The van der Waals surface area contributed by atoms with Crippen molar-refractivity contribution in [1.29, 1.82) is 0 Å². The molecular formula is C23H12F8N2O3. The number of carbonyl (C=O) groups excluding carboxylic acids is 2. The second-order valence-corrected chi connectivity index (χ2v) is 7.52. The van der Waals surface area contributed by atoms with Crippen LogP contribution in [-0.4, -0.2) is 24.5 Å². The minimum Gasteiger partial charge on any atom is -0.423 e. The molecule has 2 amide bonds. The molecule has 5 nitrogen and oxygen atoms in total. The molecule has 3 aromatic carbocycles. The average Bonchev–Trinajstić information content (AvgIpc) is 2.84. The molecule has 0 saturated heterocycles. The zero-order valence-electron chi connectivity index (χ0n) is 17.7. The molecule has 0 aliphatic carbocycles. The van der Waals surface area contributed by atoms with E-state index in [9.17, 15) is 44.7 Å². The standard InChI is InChI=1S/C23H12F8N2O3/c24-12-7-14-13(6-11(12)16-17(25)19(27)21(29)20(28)18(16)26)33(22(35)23(30,31)36-14)9-15(34)32-8-10-4-2-1-3-5-10/h1-7H,8-9H2,(H,32,34). The SMILES string of the molecule is O=C(CN1C(=O)C(F)(F)Oc2cc(F)c(-c3c(F)c(F)c(F)c(F)c3F)cc21)NCc1ccccc1. The smallest absolute Gasteiger partial charge is 0.423 e. The fraction of sp³-hybridized carbons (Fsp3) is 0.130. The van der Waals surface area contributed by atoms with Crippen molar-refractivity contribution in [3.8, 4) is 16.9 Å². The molecule has 188 valence electrons. The van der Waals surface area contributed by atoms with E-state index in [0.29, 0.717) is 11.6 Å². The molecule has 13 heteroatoms. The highest BCUT2D eigenvalue weighted by molar-refractivity contribution is 6.05. The van der Waals surface area contributed by atoms with Gasteiger partial charge in [0.25, 0.3) is 0 Å². The molecule has 0 fully saturated rings. The van der Waals surface area contributed by atoms with Crippen LogP contribution >= 0.6 is 0 Å². The van der Waals surface area contributed by atoms with Crippen molar-refractivity contribution in [2.45, 2.75) is 12.7 Å². The Morgan fingerprint density at radius 1 is 0.889 bits per heavy atom. The van der Waals surface area contributed by atoms with E-state index in [2.05, 4.69) is 10.1 Å². The summed E-state index contributed by atoms with van der Waals surface area (Å²) >= 11 is 0. The Balaban J connectivity index is 1.76. The van der Waals surface area contributed by atoms with Crippen LogP contribution in [0.5, 0.6) is 5.75 Å². The van der Waals surface area contributed by atoms with Crippen LogP contribution in [0.25, 0.3) is 11.1 Å². The van der Waals surface area contributed by atoms with Gasteiger partial charge in [-0.1, -0.05) is 30.3 Å². The van der Waals surface area contributed by atoms with Crippen molar-refractivity contribution in [2.75, 3.05) is 11.4 Å². The highest BCUT2D eigenvalue weighted by Gasteiger charge is 2.51. The van der Waals surface area contributed by atoms with Gasteiger partial charge in [0.2, 0.25) is 11.7 Å². The van der Waals surface area contributed by atoms with Gasteiger partial charge in [0.1, 0.15) is 12.4 Å². The predicted molar refractivity (Wildman–Crippen MR) is 108 cm³/mol. The third-order valence-electron chi connectivity index (χ3n) is 5.19. The van der Waals surface area contributed by atoms with E-state index in [0.717, 1.165) is 0 Å².